The molecule has 0 spiro atoms. The van der Waals surface area contributed by atoms with Crippen LogP contribution in [-0.4, -0.2) is 25.4 Å². The van der Waals surface area contributed by atoms with Gasteiger partial charge >= 0.3 is 11.6 Å². The smallest absolute Gasteiger partial charge is 0.335 e. The van der Waals surface area contributed by atoms with Crippen LogP contribution in [0, 0.1) is 0 Å². The number of H-pyrrole nitrogens is 2. The largest absolute Gasteiger partial charge is 0.341 e. The molecular weight excluding hydrogens is 200 g/mol. The molecule has 0 amide bonds. The summed E-state index contributed by atoms with van der Waals surface area (Å²) in [5.74, 6) is -0.592. The topological polar surface area (TPSA) is 101 Å². The average molecular weight is 206 g/mol. The summed E-state index contributed by atoms with van der Waals surface area (Å²) in [5, 5.41) is 0. The van der Waals surface area contributed by atoms with Crippen molar-refractivity contribution in [3.63, 3.8) is 0 Å². The summed E-state index contributed by atoms with van der Waals surface area (Å²) < 4.78 is 0.764. The number of hydrogen-bond donors (Lipinski definition) is 2. The average Bonchev–Trinajstić information content (AvgIpc) is 2.69. The Morgan fingerprint density at radius 2 is 2.20 bits per heavy atom. The number of nitrogens with zero attached hydrogens (tertiary/aromatic N) is 2. The van der Waals surface area contributed by atoms with Crippen LogP contribution in [-0.2, 0) is 0 Å². The molecular formula is C8H6N4O3. The van der Waals surface area contributed by atoms with E-state index in [9.17, 15) is 14.4 Å². The van der Waals surface area contributed by atoms with Gasteiger partial charge in [0.25, 0.3) is 5.56 Å². The molecule has 2 aromatic heterocycles. The number of rotatable bonds is 1. The van der Waals surface area contributed by atoms with Gasteiger partial charge in [0.15, 0.2) is 5.82 Å². The molecule has 2 rings (SSSR count). The summed E-state index contributed by atoms with van der Waals surface area (Å²) in [7, 11) is 0. The molecule has 0 aliphatic carbocycles. The summed E-state index contributed by atoms with van der Waals surface area (Å²) in [5.41, 5.74) is -1.34. The van der Waals surface area contributed by atoms with E-state index < -0.39 is 17.2 Å². The van der Waals surface area contributed by atoms with Crippen LogP contribution < -0.4 is 11.2 Å². The lowest BCUT2D eigenvalue weighted by Gasteiger charge is -1.98. The first-order chi connectivity index (χ1) is 7.18. The highest BCUT2D eigenvalue weighted by Crippen LogP contribution is 1.90. The zero-order valence-corrected chi connectivity index (χ0v) is 7.43. The molecule has 76 valence electrons. The Morgan fingerprint density at radius 1 is 1.40 bits per heavy atom. The first-order valence-electron chi connectivity index (χ1n) is 4.04. The van der Waals surface area contributed by atoms with Gasteiger partial charge in [0, 0.05) is 24.7 Å². The molecule has 0 aromatic carbocycles. The number of imidazole rings is 1. The summed E-state index contributed by atoms with van der Waals surface area (Å²) >= 11 is 0. The summed E-state index contributed by atoms with van der Waals surface area (Å²) in [6.45, 7) is 0. The minimum absolute atomic E-state index is 0.0316. The molecule has 15 heavy (non-hydrogen) atoms. The van der Waals surface area contributed by atoms with Gasteiger partial charge in [0.05, 0.1) is 0 Å². The Balaban J connectivity index is 2.52. The van der Waals surface area contributed by atoms with Gasteiger partial charge in [0.2, 0.25) is 0 Å². The van der Waals surface area contributed by atoms with Crippen LogP contribution >= 0.6 is 0 Å². The lowest BCUT2D eigenvalue weighted by atomic mass is 10.5. The first kappa shape index (κ1) is 9.13. The summed E-state index contributed by atoms with van der Waals surface area (Å²) in [6.07, 6.45) is 3.96. The molecule has 0 saturated heterocycles. The molecule has 2 heterocycles. The highest BCUT2D eigenvalue weighted by molar-refractivity contribution is 5.92. The monoisotopic (exact) mass is 206 g/mol. The fraction of sp³-hybridized carbons (Fsp3) is 0. The maximum absolute atomic E-state index is 11.6. The van der Waals surface area contributed by atoms with E-state index in [-0.39, 0.29) is 5.82 Å². The fourth-order valence-electron chi connectivity index (χ4n) is 1.07. The van der Waals surface area contributed by atoms with Crippen LogP contribution in [0.25, 0.3) is 0 Å². The predicted octanol–water partition coefficient (Wildman–Crippen LogP) is -1.05. The number of hydrogen-bond acceptors (Lipinski definition) is 4. The Labute approximate surface area is 82.4 Å². The van der Waals surface area contributed by atoms with Gasteiger partial charge in [0.1, 0.15) is 0 Å². The lowest BCUT2D eigenvalue weighted by Crippen LogP contribution is -2.33. The fourth-order valence-corrected chi connectivity index (χ4v) is 1.07. The lowest BCUT2D eigenvalue weighted by molar-refractivity contribution is 0.0944. The maximum Gasteiger partial charge on any atom is 0.335 e. The second-order valence-electron chi connectivity index (χ2n) is 2.72. The van der Waals surface area contributed by atoms with E-state index in [2.05, 4.69) is 9.97 Å². The molecule has 0 radical (unpaired) electrons. The number of aromatic nitrogens is 4. The van der Waals surface area contributed by atoms with E-state index >= 15 is 0 Å². The molecule has 0 bridgehead atoms. The van der Waals surface area contributed by atoms with Gasteiger partial charge < -0.3 is 4.98 Å². The van der Waals surface area contributed by atoms with E-state index in [1.807, 2.05) is 4.98 Å². The van der Waals surface area contributed by atoms with E-state index in [0.29, 0.717) is 0 Å². The van der Waals surface area contributed by atoms with Crippen molar-refractivity contribution in [3.05, 3.63) is 51.3 Å². The highest BCUT2D eigenvalue weighted by Gasteiger charge is 2.11. The van der Waals surface area contributed by atoms with Crippen molar-refractivity contribution < 1.29 is 4.79 Å². The van der Waals surface area contributed by atoms with Crippen molar-refractivity contribution in [2.24, 2.45) is 0 Å². The third-order valence-electron chi connectivity index (χ3n) is 1.74. The second-order valence-corrected chi connectivity index (χ2v) is 2.72. The Morgan fingerprint density at radius 3 is 2.80 bits per heavy atom. The van der Waals surface area contributed by atoms with Crippen LogP contribution in [0.4, 0.5) is 0 Å². The number of carbonyl (C=O) groups excluding carboxylic acids is 1. The predicted molar refractivity (Wildman–Crippen MR) is 49.6 cm³/mol. The molecule has 7 heteroatoms. The Hall–Kier alpha value is -2.44. The van der Waals surface area contributed by atoms with Crippen LogP contribution in [0.5, 0.6) is 0 Å². The van der Waals surface area contributed by atoms with Gasteiger partial charge in [-0.15, -0.1) is 0 Å². The minimum atomic E-state index is -0.788. The van der Waals surface area contributed by atoms with Crippen LogP contribution in [0.3, 0.4) is 0 Å². The Bertz CT molecular complexity index is 593. The van der Waals surface area contributed by atoms with E-state index in [0.717, 1.165) is 16.8 Å². The van der Waals surface area contributed by atoms with Gasteiger partial charge in [-0.3, -0.25) is 14.6 Å². The van der Waals surface area contributed by atoms with Crippen LogP contribution in [0.15, 0.2) is 34.2 Å². The number of aromatic amines is 2. The van der Waals surface area contributed by atoms with Crippen molar-refractivity contribution in [2.75, 3.05) is 0 Å². The van der Waals surface area contributed by atoms with Crippen LogP contribution in [0.1, 0.15) is 10.6 Å². The minimum Gasteiger partial charge on any atom is -0.341 e. The number of carbonyl (C=O) groups is 1. The summed E-state index contributed by atoms with van der Waals surface area (Å²) in [4.78, 5) is 41.8. The third kappa shape index (κ3) is 1.62. The van der Waals surface area contributed by atoms with Crippen molar-refractivity contribution in [3.8, 4) is 0 Å². The molecule has 0 aliphatic heterocycles. The van der Waals surface area contributed by atoms with Crippen molar-refractivity contribution in [2.45, 2.75) is 0 Å². The molecule has 0 saturated carbocycles. The Kier molecular flexibility index (Phi) is 2.05. The molecule has 7 nitrogen and oxygen atoms in total. The third-order valence-corrected chi connectivity index (χ3v) is 1.74. The molecule has 2 aromatic rings. The van der Waals surface area contributed by atoms with Gasteiger partial charge in [-0.1, -0.05) is 0 Å². The van der Waals surface area contributed by atoms with Crippen molar-refractivity contribution in [1.29, 1.82) is 0 Å². The standard InChI is InChI=1S/C8H6N4O3/c13-5-1-4-12(8(15)11-5)7(14)6-9-2-3-10-6/h1-4H,(H,9,10)(H,11,13,15). The molecule has 0 atom stereocenters. The van der Waals surface area contributed by atoms with Gasteiger partial charge in [-0.2, -0.15) is 0 Å². The van der Waals surface area contributed by atoms with E-state index in [1.54, 1.807) is 0 Å². The van der Waals surface area contributed by atoms with E-state index in [1.165, 1.54) is 12.4 Å². The quantitative estimate of drug-likeness (QED) is 0.621. The van der Waals surface area contributed by atoms with Crippen LogP contribution in [0.2, 0.25) is 0 Å². The first-order valence-corrected chi connectivity index (χ1v) is 4.04. The molecule has 0 aliphatic rings. The molecule has 0 unspecified atom stereocenters. The van der Waals surface area contributed by atoms with Gasteiger partial charge in [-0.05, 0) is 0 Å². The summed E-state index contributed by atoms with van der Waals surface area (Å²) in [6, 6.07) is 1.09. The zero-order chi connectivity index (χ0) is 10.8. The van der Waals surface area contributed by atoms with Crippen molar-refractivity contribution in [1.82, 2.24) is 19.5 Å². The SMILES string of the molecule is O=C(c1ncc[nH]1)n1ccc(=O)[nH]c1=O. The van der Waals surface area contributed by atoms with Crippen molar-refractivity contribution >= 4 is 5.91 Å². The maximum atomic E-state index is 11.6. The molecule has 2 N–H and O–H groups in total. The normalized spacial score (nSPS) is 10.1. The highest BCUT2D eigenvalue weighted by atomic mass is 16.2. The van der Waals surface area contributed by atoms with Gasteiger partial charge in [-0.25, -0.2) is 14.3 Å². The molecule has 0 fully saturated rings. The number of nitrogens with one attached hydrogen (secondary N) is 2. The zero-order valence-electron chi connectivity index (χ0n) is 7.43. The second kappa shape index (κ2) is 3.37. The van der Waals surface area contributed by atoms with E-state index in [4.69, 9.17) is 0 Å².